The second kappa shape index (κ2) is 8.56. The molecular formula is C21H26N4O5. The number of aromatic amines is 1. The minimum atomic E-state index is -0.589. The maximum absolute atomic E-state index is 12.6. The van der Waals surface area contributed by atoms with Crippen LogP contribution in [0.2, 0.25) is 0 Å². The maximum Gasteiger partial charge on any atom is 0.414 e. The molecular weight excluding hydrogens is 388 g/mol. The molecule has 2 heterocycles. The summed E-state index contributed by atoms with van der Waals surface area (Å²) in [6.45, 7) is 6.30. The van der Waals surface area contributed by atoms with Crippen LogP contribution in [0.4, 0.5) is 10.5 Å². The Morgan fingerprint density at radius 2 is 2.07 bits per heavy atom. The van der Waals surface area contributed by atoms with Gasteiger partial charge in [-0.3, -0.25) is 14.5 Å². The number of rotatable bonds is 5. The van der Waals surface area contributed by atoms with Crippen LogP contribution < -0.4 is 15.8 Å². The minimum Gasteiger partial charge on any atom is -0.493 e. The van der Waals surface area contributed by atoms with Crippen molar-refractivity contribution in [2.45, 2.75) is 45.1 Å². The summed E-state index contributed by atoms with van der Waals surface area (Å²) in [4.78, 5) is 44.0. The molecule has 30 heavy (non-hydrogen) atoms. The highest BCUT2D eigenvalue weighted by Crippen LogP contribution is 2.38. The molecule has 1 aromatic heterocycles. The number of nitrogens with one attached hydrogen (secondary N) is 2. The van der Waals surface area contributed by atoms with E-state index in [1.807, 2.05) is 45.0 Å². The van der Waals surface area contributed by atoms with E-state index in [2.05, 4.69) is 15.3 Å². The van der Waals surface area contributed by atoms with Gasteiger partial charge in [0.15, 0.2) is 0 Å². The fourth-order valence-corrected chi connectivity index (χ4v) is 3.42. The fourth-order valence-electron chi connectivity index (χ4n) is 3.42. The molecule has 0 aliphatic carbocycles. The predicted molar refractivity (Wildman–Crippen MR) is 111 cm³/mol. The van der Waals surface area contributed by atoms with Crippen LogP contribution >= 0.6 is 0 Å². The Morgan fingerprint density at radius 3 is 2.77 bits per heavy atom. The Balaban J connectivity index is 1.60. The van der Waals surface area contributed by atoms with E-state index in [9.17, 15) is 19.5 Å². The number of hydrogen-bond donors (Lipinski definition) is 3. The van der Waals surface area contributed by atoms with Crippen molar-refractivity contribution in [1.82, 2.24) is 15.3 Å². The van der Waals surface area contributed by atoms with E-state index in [-0.39, 0.29) is 23.8 Å². The van der Waals surface area contributed by atoms with Gasteiger partial charge in [-0.2, -0.15) is 0 Å². The topological polar surface area (TPSA) is 125 Å². The Bertz CT molecular complexity index is 995. The molecule has 9 nitrogen and oxygen atoms in total. The Kier molecular flexibility index (Phi) is 6.09. The largest absolute Gasteiger partial charge is 0.493 e. The third-order valence-electron chi connectivity index (χ3n) is 4.76. The van der Waals surface area contributed by atoms with Crippen molar-refractivity contribution >= 4 is 17.7 Å². The molecule has 0 spiro atoms. The van der Waals surface area contributed by atoms with Crippen LogP contribution in [-0.4, -0.2) is 45.8 Å². The van der Waals surface area contributed by atoms with E-state index in [1.54, 1.807) is 4.90 Å². The smallest absolute Gasteiger partial charge is 0.414 e. The second-order valence-electron chi connectivity index (χ2n) is 8.20. The van der Waals surface area contributed by atoms with E-state index in [0.717, 1.165) is 17.6 Å². The normalized spacial score (nSPS) is 15.6. The van der Waals surface area contributed by atoms with Crippen LogP contribution in [0.5, 0.6) is 5.88 Å². The molecule has 3 rings (SSSR count). The number of carbonyl (C=O) groups is 2. The molecule has 160 valence electrons. The van der Waals surface area contributed by atoms with E-state index in [4.69, 9.17) is 4.74 Å². The van der Waals surface area contributed by atoms with Crippen molar-refractivity contribution in [3.63, 3.8) is 0 Å². The molecule has 1 unspecified atom stereocenters. The van der Waals surface area contributed by atoms with Crippen LogP contribution in [0.1, 0.15) is 44.2 Å². The molecule has 1 aliphatic heterocycles. The highest BCUT2D eigenvalue weighted by Gasteiger charge is 2.34. The van der Waals surface area contributed by atoms with Crippen molar-refractivity contribution in [3.8, 4) is 5.88 Å². The number of H-pyrrole nitrogens is 1. The van der Waals surface area contributed by atoms with Crippen LogP contribution in [0.15, 0.2) is 35.4 Å². The van der Waals surface area contributed by atoms with E-state index in [1.165, 1.54) is 0 Å². The number of aromatic nitrogens is 2. The Morgan fingerprint density at radius 1 is 1.33 bits per heavy atom. The van der Waals surface area contributed by atoms with Crippen molar-refractivity contribution < 1.29 is 19.4 Å². The molecule has 0 fully saturated rings. The van der Waals surface area contributed by atoms with Crippen molar-refractivity contribution in [2.24, 2.45) is 0 Å². The Labute approximate surface area is 174 Å². The second-order valence-corrected chi connectivity index (χ2v) is 8.20. The van der Waals surface area contributed by atoms with Crippen molar-refractivity contribution in [2.75, 3.05) is 18.0 Å². The number of carbonyl (C=O) groups excluding carboxylic acids is 2. The summed E-state index contributed by atoms with van der Waals surface area (Å²) in [6, 6.07) is 7.65. The van der Waals surface area contributed by atoms with Gasteiger partial charge in [-0.1, -0.05) is 18.2 Å². The molecule has 1 atom stereocenters. The zero-order valence-electron chi connectivity index (χ0n) is 17.3. The Hall–Kier alpha value is -3.36. The lowest BCUT2D eigenvalue weighted by Gasteiger charge is -2.25. The molecule has 1 aromatic carbocycles. The third kappa shape index (κ3) is 4.97. The molecule has 0 radical (unpaired) electrons. The average Bonchev–Trinajstić information content (AvgIpc) is 3.03. The van der Waals surface area contributed by atoms with Gasteiger partial charge in [-0.05, 0) is 38.8 Å². The van der Waals surface area contributed by atoms with Gasteiger partial charge >= 0.3 is 6.09 Å². The minimum absolute atomic E-state index is 0.0456. The summed E-state index contributed by atoms with van der Waals surface area (Å²) in [5.41, 5.74) is 0.634. The maximum atomic E-state index is 12.6. The van der Waals surface area contributed by atoms with Gasteiger partial charge in [0.05, 0.1) is 24.0 Å². The predicted octanol–water partition coefficient (Wildman–Crippen LogP) is 2.06. The molecule has 2 aromatic rings. The van der Waals surface area contributed by atoms with Crippen LogP contribution in [-0.2, 0) is 16.0 Å². The first-order valence-corrected chi connectivity index (χ1v) is 9.77. The standard InChI is InChI=1S/C21H26N4O5/c1-21(2,3)30-20(29)25-11-13(14-6-4-5-7-16(14)25)8-9-22-17(26)10-15-18(27)23-12-24-19(15)28/h4-7,12-13H,8-11H2,1-3H3,(H,22,26)(H2,23,24,27,28). The van der Waals surface area contributed by atoms with Gasteiger partial charge in [-0.25, -0.2) is 9.78 Å². The van der Waals surface area contributed by atoms with Gasteiger partial charge < -0.3 is 20.1 Å². The number of nitrogens with zero attached hydrogens (tertiary/aromatic N) is 2. The lowest BCUT2D eigenvalue weighted by molar-refractivity contribution is -0.120. The zero-order valence-corrected chi connectivity index (χ0v) is 17.3. The average molecular weight is 414 g/mol. The number of hydrogen-bond acceptors (Lipinski definition) is 6. The van der Waals surface area contributed by atoms with Gasteiger partial charge in [0.2, 0.25) is 11.8 Å². The first-order chi connectivity index (χ1) is 14.2. The molecule has 0 saturated carbocycles. The monoisotopic (exact) mass is 414 g/mol. The molecule has 0 bridgehead atoms. The van der Waals surface area contributed by atoms with Gasteiger partial charge in [0.1, 0.15) is 5.60 Å². The summed E-state index contributed by atoms with van der Waals surface area (Å²) >= 11 is 0. The molecule has 3 N–H and O–H groups in total. The lowest BCUT2D eigenvalue weighted by Crippen LogP contribution is -2.36. The van der Waals surface area contributed by atoms with Crippen LogP contribution in [0.25, 0.3) is 0 Å². The molecule has 1 aliphatic rings. The highest BCUT2D eigenvalue weighted by atomic mass is 16.6. The van der Waals surface area contributed by atoms with Gasteiger partial charge in [0.25, 0.3) is 5.56 Å². The highest BCUT2D eigenvalue weighted by molar-refractivity contribution is 5.91. The first kappa shape index (κ1) is 21.4. The number of fused-ring (bicyclic) bond motifs is 1. The van der Waals surface area contributed by atoms with Gasteiger partial charge in [-0.15, -0.1) is 0 Å². The van der Waals surface area contributed by atoms with E-state index >= 15 is 0 Å². The number of para-hydroxylation sites is 1. The lowest BCUT2D eigenvalue weighted by atomic mass is 9.98. The number of ether oxygens (including phenoxy) is 1. The summed E-state index contributed by atoms with van der Waals surface area (Å²) < 4.78 is 5.51. The van der Waals surface area contributed by atoms with Crippen molar-refractivity contribution in [3.05, 3.63) is 52.1 Å². The summed E-state index contributed by atoms with van der Waals surface area (Å²) in [6.07, 6.45) is 1.03. The van der Waals surface area contributed by atoms with Crippen LogP contribution in [0, 0.1) is 0 Å². The number of aromatic hydroxyl groups is 1. The summed E-state index contributed by atoms with van der Waals surface area (Å²) in [5.74, 6) is -0.796. The first-order valence-electron chi connectivity index (χ1n) is 9.77. The number of benzene rings is 1. The molecule has 2 amide bonds. The van der Waals surface area contributed by atoms with E-state index in [0.29, 0.717) is 19.5 Å². The van der Waals surface area contributed by atoms with E-state index < -0.39 is 23.1 Å². The number of anilines is 1. The molecule has 9 heteroatoms. The third-order valence-corrected chi connectivity index (χ3v) is 4.76. The number of amides is 2. The van der Waals surface area contributed by atoms with Crippen molar-refractivity contribution in [1.29, 1.82) is 0 Å². The fraction of sp³-hybridized carbons (Fsp3) is 0.429. The quantitative estimate of drug-likeness (QED) is 0.688. The van der Waals surface area contributed by atoms with Crippen LogP contribution in [0.3, 0.4) is 0 Å². The summed E-state index contributed by atoms with van der Waals surface area (Å²) in [7, 11) is 0. The molecule has 0 saturated heterocycles. The SMILES string of the molecule is CC(C)(C)OC(=O)N1CC(CCNC(=O)Cc2c(O)nc[nH]c2=O)c2ccccc21. The zero-order chi connectivity index (χ0) is 21.9. The van der Waals surface area contributed by atoms with Gasteiger partial charge in [0, 0.05) is 19.0 Å². The summed E-state index contributed by atoms with van der Waals surface area (Å²) in [5, 5.41) is 12.4.